The van der Waals surface area contributed by atoms with Gasteiger partial charge in [-0.15, -0.1) is 0 Å². The first-order valence-electron chi connectivity index (χ1n) is 9.45. The summed E-state index contributed by atoms with van der Waals surface area (Å²) in [6.07, 6.45) is -0.640. The van der Waals surface area contributed by atoms with Crippen LogP contribution in [-0.2, 0) is 4.79 Å². The highest BCUT2D eigenvalue weighted by atomic mass is 19.1. The van der Waals surface area contributed by atoms with Crippen LogP contribution in [0.2, 0.25) is 0 Å². The molecule has 1 saturated heterocycles. The molecular weight excluding hydrogens is 377 g/mol. The third-order valence-electron chi connectivity index (χ3n) is 5.79. The Hall–Kier alpha value is -3.23. The fraction of sp³-hybridized carbons (Fsp3) is 0.400. The molecule has 0 bridgehead atoms. The van der Waals surface area contributed by atoms with E-state index in [1.54, 1.807) is 7.05 Å². The molecule has 4 rings (SSSR count). The molecule has 0 radical (unpaired) electrons. The summed E-state index contributed by atoms with van der Waals surface area (Å²) in [6, 6.07) is 3.75. The van der Waals surface area contributed by atoms with Crippen molar-refractivity contribution in [3.63, 3.8) is 0 Å². The summed E-state index contributed by atoms with van der Waals surface area (Å²) in [7, 11) is 1.58. The fourth-order valence-electron chi connectivity index (χ4n) is 4.08. The standard InChI is InChI=1S/C20H22FN5O3/c1-5-24-11(2)12(3)26-16-17(22-19(24)26)23(4)20(29)25(18(16)28)10-15(27)13-6-8-14(21)9-7-13/h6-9,16-17H,5,10H2,1-4H3. The van der Waals surface area contributed by atoms with Crippen molar-refractivity contribution >= 4 is 23.7 Å². The Balaban J connectivity index is 1.63. The fourth-order valence-corrected chi connectivity index (χ4v) is 4.08. The van der Waals surface area contributed by atoms with Crippen LogP contribution in [0.25, 0.3) is 0 Å². The Kier molecular flexibility index (Phi) is 4.40. The third kappa shape index (κ3) is 2.72. The smallest absolute Gasteiger partial charge is 0.315 e. The lowest BCUT2D eigenvalue weighted by Crippen LogP contribution is -2.65. The minimum atomic E-state index is -0.708. The van der Waals surface area contributed by atoms with Gasteiger partial charge in [-0.3, -0.25) is 19.4 Å². The van der Waals surface area contributed by atoms with Gasteiger partial charge in [-0.25, -0.2) is 14.2 Å². The number of urea groups is 1. The monoisotopic (exact) mass is 399 g/mol. The number of imide groups is 1. The molecule has 0 N–H and O–H groups in total. The maximum absolute atomic E-state index is 13.3. The van der Waals surface area contributed by atoms with E-state index < -0.39 is 42.3 Å². The van der Waals surface area contributed by atoms with Crippen LogP contribution < -0.4 is 0 Å². The number of Topliss-reactive ketones (excluding diaryl/α,β-unsaturated/α-hetero) is 1. The number of likely N-dealkylation sites (N-methyl/N-ethyl adjacent to an activating group) is 1. The molecule has 3 aliphatic heterocycles. The second-order valence-corrected chi connectivity index (χ2v) is 7.32. The molecular formula is C20H22FN5O3. The predicted octanol–water partition coefficient (Wildman–Crippen LogP) is 1.86. The molecule has 2 unspecified atom stereocenters. The molecule has 3 amide bonds. The zero-order chi connectivity index (χ0) is 21.0. The van der Waals surface area contributed by atoms with E-state index in [0.29, 0.717) is 12.5 Å². The zero-order valence-corrected chi connectivity index (χ0v) is 16.7. The van der Waals surface area contributed by atoms with Gasteiger partial charge in [0.2, 0.25) is 5.96 Å². The van der Waals surface area contributed by atoms with Crippen LogP contribution >= 0.6 is 0 Å². The van der Waals surface area contributed by atoms with E-state index in [-0.39, 0.29) is 5.56 Å². The number of halogens is 1. The van der Waals surface area contributed by atoms with Crippen molar-refractivity contribution < 1.29 is 18.8 Å². The molecule has 1 aromatic carbocycles. The Morgan fingerprint density at radius 2 is 1.76 bits per heavy atom. The SMILES string of the molecule is CCN1C2=NC3C(C(=O)N(CC(=O)c4ccc(F)cc4)C(=O)N3C)N2C(C)=C1C. The number of carbonyl (C=O) groups is 3. The minimum absolute atomic E-state index is 0.241. The highest BCUT2D eigenvalue weighted by Gasteiger charge is 2.55. The molecule has 2 atom stereocenters. The predicted molar refractivity (Wildman–Crippen MR) is 103 cm³/mol. The number of hydrogen-bond donors (Lipinski definition) is 0. The van der Waals surface area contributed by atoms with Crippen LogP contribution in [-0.4, -0.2) is 75.6 Å². The molecule has 29 heavy (non-hydrogen) atoms. The van der Waals surface area contributed by atoms with Crippen LogP contribution in [0.1, 0.15) is 31.1 Å². The Morgan fingerprint density at radius 3 is 2.38 bits per heavy atom. The number of aliphatic imine (C=N–C) groups is 1. The van der Waals surface area contributed by atoms with Gasteiger partial charge in [0.15, 0.2) is 18.0 Å². The summed E-state index contributed by atoms with van der Waals surface area (Å²) in [5, 5.41) is 0. The highest BCUT2D eigenvalue weighted by Crippen LogP contribution is 2.37. The first kappa shape index (κ1) is 19.1. The summed E-state index contributed by atoms with van der Waals surface area (Å²) in [4.78, 5) is 49.6. The van der Waals surface area contributed by atoms with Crippen molar-refractivity contribution in [3.05, 3.63) is 47.0 Å². The number of fused-ring (bicyclic) bond motifs is 3. The van der Waals surface area contributed by atoms with Crippen LogP contribution in [0, 0.1) is 5.82 Å². The average Bonchev–Trinajstić information content (AvgIpc) is 3.19. The summed E-state index contributed by atoms with van der Waals surface area (Å²) >= 11 is 0. The first-order valence-corrected chi connectivity index (χ1v) is 9.45. The van der Waals surface area contributed by atoms with Crippen molar-refractivity contribution in [3.8, 4) is 0 Å². The van der Waals surface area contributed by atoms with Gasteiger partial charge >= 0.3 is 6.03 Å². The number of allylic oxidation sites excluding steroid dienone is 2. The van der Waals surface area contributed by atoms with E-state index in [0.717, 1.165) is 16.3 Å². The molecule has 0 aliphatic carbocycles. The molecule has 0 spiro atoms. The van der Waals surface area contributed by atoms with Crippen molar-refractivity contribution in [1.29, 1.82) is 0 Å². The molecule has 0 aromatic heterocycles. The minimum Gasteiger partial charge on any atom is -0.315 e. The van der Waals surface area contributed by atoms with Gasteiger partial charge in [-0.2, -0.15) is 0 Å². The number of nitrogens with zero attached hydrogens (tertiary/aromatic N) is 5. The lowest BCUT2D eigenvalue weighted by atomic mass is 10.1. The van der Waals surface area contributed by atoms with Gasteiger partial charge in [0.1, 0.15) is 5.82 Å². The lowest BCUT2D eigenvalue weighted by molar-refractivity contribution is -0.136. The van der Waals surface area contributed by atoms with Gasteiger partial charge < -0.3 is 9.80 Å². The number of benzene rings is 1. The largest absolute Gasteiger partial charge is 0.328 e. The normalized spacial score (nSPS) is 23.7. The van der Waals surface area contributed by atoms with Crippen LogP contribution in [0.4, 0.5) is 9.18 Å². The molecule has 152 valence electrons. The third-order valence-corrected chi connectivity index (χ3v) is 5.79. The molecule has 9 heteroatoms. The van der Waals surface area contributed by atoms with Crippen LogP contribution in [0.3, 0.4) is 0 Å². The Labute approximate surface area is 167 Å². The summed E-state index contributed by atoms with van der Waals surface area (Å²) < 4.78 is 13.1. The first-order chi connectivity index (χ1) is 13.8. The van der Waals surface area contributed by atoms with Gasteiger partial charge in [-0.05, 0) is 45.0 Å². The Bertz CT molecular complexity index is 971. The van der Waals surface area contributed by atoms with Gasteiger partial charge in [0.05, 0.1) is 6.54 Å². The highest BCUT2D eigenvalue weighted by molar-refractivity contribution is 6.09. The van der Waals surface area contributed by atoms with Crippen LogP contribution in [0.5, 0.6) is 0 Å². The van der Waals surface area contributed by atoms with E-state index in [1.807, 2.05) is 30.6 Å². The molecule has 1 fully saturated rings. The average molecular weight is 399 g/mol. The molecule has 8 nitrogen and oxygen atoms in total. The number of hydrogen-bond acceptors (Lipinski definition) is 6. The second-order valence-electron chi connectivity index (χ2n) is 7.32. The maximum atomic E-state index is 13.3. The summed E-state index contributed by atoms with van der Waals surface area (Å²) in [6.45, 7) is 6.16. The topological polar surface area (TPSA) is 76.5 Å². The van der Waals surface area contributed by atoms with Gasteiger partial charge in [-0.1, -0.05) is 0 Å². The van der Waals surface area contributed by atoms with Gasteiger partial charge in [0, 0.05) is 30.5 Å². The summed E-state index contributed by atoms with van der Waals surface area (Å²) in [5.74, 6) is -0.704. The zero-order valence-electron chi connectivity index (χ0n) is 16.7. The van der Waals surface area contributed by atoms with Crippen molar-refractivity contribution in [1.82, 2.24) is 19.6 Å². The van der Waals surface area contributed by atoms with Crippen molar-refractivity contribution in [2.45, 2.75) is 33.0 Å². The number of rotatable bonds is 4. The maximum Gasteiger partial charge on any atom is 0.328 e. The second kappa shape index (κ2) is 6.68. The molecule has 0 saturated carbocycles. The van der Waals surface area contributed by atoms with E-state index in [1.165, 1.54) is 29.2 Å². The number of carbonyl (C=O) groups excluding carboxylic acids is 3. The van der Waals surface area contributed by atoms with E-state index in [2.05, 4.69) is 4.99 Å². The van der Waals surface area contributed by atoms with Crippen LogP contribution in [0.15, 0.2) is 40.7 Å². The number of ketones is 1. The van der Waals surface area contributed by atoms with E-state index in [4.69, 9.17) is 0 Å². The number of amides is 3. The number of guanidine groups is 1. The quantitative estimate of drug-likeness (QED) is 0.723. The molecule has 3 aliphatic rings. The van der Waals surface area contributed by atoms with Gasteiger partial charge in [0.25, 0.3) is 5.91 Å². The van der Waals surface area contributed by atoms with Crippen molar-refractivity contribution in [2.24, 2.45) is 4.99 Å². The van der Waals surface area contributed by atoms with E-state index in [9.17, 15) is 18.8 Å². The molecule has 3 heterocycles. The Morgan fingerprint density at radius 1 is 1.10 bits per heavy atom. The van der Waals surface area contributed by atoms with Crippen molar-refractivity contribution in [2.75, 3.05) is 20.1 Å². The molecule has 1 aromatic rings. The summed E-state index contributed by atoms with van der Waals surface area (Å²) in [5.41, 5.74) is 2.15. The van der Waals surface area contributed by atoms with E-state index >= 15 is 0 Å². The lowest BCUT2D eigenvalue weighted by Gasteiger charge is -2.40.